The van der Waals surface area contributed by atoms with Gasteiger partial charge >= 0.3 is 0 Å². The first-order valence-corrected chi connectivity index (χ1v) is 8.22. The molecule has 1 atom stereocenters. The highest BCUT2D eigenvalue weighted by molar-refractivity contribution is 5.41. The van der Waals surface area contributed by atoms with Gasteiger partial charge in [0.05, 0.1) is 6.61 Å². The Labute approximate surface area is 132 Å². The Morgan fingerprint density at radius 2 is 2.18 bits per heavy atom. The lowest BCUT2D eigenvalue weighted by molar-refractivity contribution is 0.124. The predicted molar refractivity (Wildman–Crippen MR) is 86.1 cm³/mol. The van der Waals surface area contributed by atoms with Gasteiger partial charge in [0, 0.05) is 38.1 Å². The number of aliphatic hydroxyl groups excluding tert-OH is 1. The number of ether oxygens (including phenoxy) is 2. The van der Waals surface area contributed by atoms with E-state index in [9.17, 15) is 5.11 Å². The summed E-state index contributed by atoms with van der Waals surface area (Å²) in [4.78, 5) is 0. The minimum Gasteiger partial charge on any atom is -0.487 e. The molecule has 0 radical (unpaired) electrons. The molecule has 1 aromatic rings. The first-order valence-electron chi connectivity index (χ1n) is 8.22. The van der Waals surface area contributed by atoms with E-state index in [1.807, 2.05) is 0 Å². The van der Waals surface area contributed by atoms with Crippen LogP contribution in [-0.4, -0.2) is 37.1 Å². The number of benzene rings is 1. The molecule has 22 heavy (non-hydrogen) atoms. The molecule has 0 spiro atoms. The number of hydrogen-bond acceptors (Lipinski definition) is 4. The Bertz CT molecular complexity index is 521. The fourth-order valence-corrected chi connectivity index (χ4v) is 3.56. The van der Waals surface area contributed by atoms with Crippen molar-refractivity contribution in [3.63, 3.8) is 0 Å². The second-order valence-corrected chi connectivity index (χ2v) is 7.36. The average Bonchev–Trinajstić information content (AvgIpc) is 3.02. The van der Waals surface area contributed by atoms with Crippen LogP contribution in [0.2, 0.25) is 0 Å². The molecule has 2 aliphatic rings. The zero-order chi connectivity index (χ0) is 15.6. The van der Waals surface area contributed by atoms with Crippen LogP contribution in [-0.2, 0) is 17.7 Å². The summed E-state index contributed by atoms with van der Waals surface area (Å²) >= 11 is 0. The van der Waals surface area contributed by atoms with Crippen LogP contribution in [0.3, 0.4) is 0 Å². The lowest BCUT2D eigenvalue weighted by atomic mass is 9.84. The molecule has 2 N–H and O–H groups in total. The first-order chi connectivity index (χ1) is 10.5. The molecule has 1 aromatic carbocycles. The lowest BCUT2D eigenvalue weighted by Crippen LogP contribution is -2.35. The van der Waals surface area contributed by atoms with E-state index in [4.69, 9.17) is 9.47 Å². The van der Waals surface area contributed by atoms with Crippen molar-refractivity contribution < 1.29 is 14.6 Å². The molecule has 0 amide bonds. The maximum absolute atomic E-state index is 9.27. The average molecular weight is 305 g/mol. The van der Waals surface area contributed by atoms with Gasteiger partial charge in [-0.15, -0.1) is 0 Å². The Morgan fingerprint density at radius 3 is 2.91 bits per heavy atom. The molecule has 0 saturated carbocycles. The van der Waals surface area contributed by atoms with Crippen molar-refractivity contribution in [2.45, 2.75) is 45.3 Å². The molecule has 2 heterocycles. The first kappa shape index (κ1) is 15.8. The van der Waals surface area contributed by atoms with Crippen molar-refractivity contribution in [2.24, 2.45) is 5.41 Å². The lowest BCUT2D eigenvalue weighted by Gasteiger charge is -2.26. The van der Waals surface area contributed by atoms with E-state index in [0.717, 1.165) is 51.3 Å². The second-order valence-electron chi connectivity index (χ2n) is 7.36. The molecular formula is C18H27NO3. The van der Waals surface area contributed by atoms with E-state index in [0.29, 0.717) is 0 Å². The number of nitrogens with one attached hydrogen (secondary N) is 1. The van der Waals surface area contributed by atoms with Gasteiger partial charge in [-0.05, 0) is 43.9 Å². The van der Waals surface area contributed by atoms with Gasteiger partial charge < -0.3 is 19.9 Å². The van der Waals surface area contributed by atoms with Crippen molar-refractivity contribution in [1.82, 2.24) is 5.32 Å². The Balaban J connectivity index is 1.56. The van der Waals surface area contributed by atoms with Crippen LogP contribution in [0.15, 0.2) is 18.2 Å². The van der Waals surface area contributed by atoms with Gasteiger partial charge in [-0.25, -0.2) is 0 Å². The smallest absolute Gasteiger partial charge is 0.123 e. The van der Waals surface area contributed by atoms with Crippen molar-refractivity contribution in [1.29, 1.82) is 0 Å². The fraction of sp³-hybridized carbons (Fsp3) is 0.667. The van der Waals surface area contributed by atoms with Crippen LogP contribution in [0.1, 0.15) is 37.8 Å². The van der Waals surface area contributed by atoms with Gasteiger partial charge in [-0.3, -0.25) is 0 Å². The van der Waals surface area contributed by atoms with Crippen LogP contribution in [0, 0.1) is 5.41 Å². The third-order valence-electron chi connectivity index (χ3n) is 4.78. The monoisotopic (exact) mass is 305 g/mol. The summed E-state index contributed by atoms with van der Waals surface area (Å²) < 4.78 is 11.4. The molecule has 0 aromatic heterocycles. The largest absolute Gasteiger partial charge is 0.487 e. The molecule has 2 aliphatic heterocycles. The van der Waals surface area contributed by atoms with E-state index in [1.165, 1.54) is 11.1 Å². The summed E-state index contributed by atoms with van der Waals surface area (Å²) in [6.45, 7) is 7.80. The van der Waals surface area contributed by atoms with Crippen LogP contribution >= 0.6 is 0 Å². The van der Waals surface area contributed by atoms with Gasteiger partial charge in [0.25, 0.3) is 0 Å². The number of hydrogen-bond donors (Lipinski definition) is 2. The Hall–Kier alpha value is -1.10. The summed E-state index contributed by atoms with van der Waals surface area (Å²) in [7, 11) is 0. The molecule has 122 valence electrons. The maximum Gasteiger partial charge on any atom is 0.123 e. The minimum atomic E-state index is -0.0826. The highest BCUT2D eigenvalue weighted by Gasteiger charge is 2.34. The third kappa shape index (κ3) is 3.45. The van der Waals surface area contributed by atoms with Crippen LogP contribution < -0.4 is 10.1 Å². The Morgan fingerprint density at radius 1 is 1.32 bits per heavy atom. The molecule has 0 bridgehead atoms. The molecule has 4 nitrogen and oxygen atoms in total. The molecular weight excluding hydrogens is 278 g/mol. The van der Waals surface area contributed by atoms with Gasteiger partial charge in [0.2, 0.25) is 0 Å². The maximum atomic E-state index is 9.27. The highest BCUT2D eigenvalue weighted by atomic mass is 16.5. The zero-order valence-corrected chi connectivity index (χ0v) is 13.7. The van der Waals surface area contributed by atoms with E-state index < -0.39 is 0 Å². The minimum absolute atomic E-state index is 0.0826. The van der Waals surface area contributed by atoms with Crippen molar-refractivity contribution in [3.8, 4) is 5.75 Å². The molecule has 1 unspecified atom stereocenters. The summed E-state index contributed by atoms with van der Waals surface area (Å²) in [6.07, 6.45) is 2.82. The predicted octanol–water partition coefficient (Wildman–Crippen LogP) is 2.28. The van der Waals surface area contributed by atoms with Gasteiger partial charge in [-0.2, -0.15) is 0 Å². The molecule has 3 rings (SSSR count). The SMILES string of the molecule is CC1(C)Cc2cc(CNCC3(CCO)CCOC3)ccc2O1. The quantitative estimate of drug-likeness (QED) is 0.846. The molecule has 0 aliphatic carbocycles. The second kappa shape index (κ2) is 6.19. The van der Waals surface area contributed by atoms with Crippen molar-refractivity contribution in [2.75, 3.05) is 26.4 Å². The standard InChI is InChI=1S/C18H27NO3/c1-17(2)10-15-9-14(3-4-16(15)22-17)11-19-12-18(5-7-20)6-8-21-13-18/h3-4,9,19-20H,5-8,10-13H2,1-2H3. The van der Waals surface area contributed by atoms with Crippen LogP contribution in [0.4, 0.5) is 0 Å². The summed E-state index contributed by atoms with van der Waals surface area (Å²) in [5, 5.41) is 12.8. The van der Waals surface area contributed by atoms with Gasteiger partial charge in [-0.1, -0.05) is 12.1 Å². The van der Waals surface area contributed by atoms with Gasteiger partial charge in [0.15, 0.2) is 0 Å². The third-order valence-corrected chi connectivity index (χ3v) is 4.78. The van der Waals surface area contributed by atoms with Crippen molar-refractivity contribution >= 4 is 0 Å². The molecule has 1 saturated heterocycles. The normalized spacial score (nSPS) is 26.0. The van der Waals surface area contributed by atoms with E-state index in [1.54, 1.807) is 0 Å². The summed E-state index contributed by atoms with van der Waals surface area (Å²) in [5.41, 5.74) is 2.62. The number of aliphatic hydroxyl groups is 1. The molecule has 4 heteroatoms. The highest BCUT2D eigenvalue weighted by Crippen LogP contribution is 2.35. The Kier molecular flexibility index (Phi) is 4.44. The van der Waals surface area contributed by atoms with Crippen molar-refractivity contribution in [3.05, 3.63) is 29.3 Å². The van der Waals surface area contributed by atoms with Crippen LogP contribution in [0.5, 0.6) is 5.75 Å². The number of rotatable bonds is 6. The summed E-state index contributed by atoms with van der Waals surface area (Å²) in [5.74, 6) is 1.02. The van der Waals surface area contributed by atoms with E-state index in [-0.39, 0.29) is 17.6 Å². The van der Waals surface area contributed by atoms with Gasteiger partial charge in [0.1, 0.15) is 11.4 Å². The van der Waals surface area contributed by atoms with Crippen LogP contribution in [0.25, 0.3) is 0 Å². The topological polar surface area (TPSA) is 50.7 Å². The van der Waals surface area contributed by atoms with E-state index in [2.05, 4.69) is 37.4 Å². The zero-order valence-electron chi connectivity index (χ0n) is 13.7. The van der Waals surface area contributed by atoms with E-state index >= 15 is 0 Å². The number of fused-ring (bicyclic) bond motifs is 1. The fourth-order valence-electron chi connectivity index (χ4n) is 3.56. The summed E-state index contributed by atoms with van der Waals surface area (Å²) in [6, 6.07) is 6.47. The molecule has 1 fully saturated rings.